The van der Waals surface area contributed by atoms with Crippen LogP contribution in [-0.2, 0) is 17.7 Å². The third-order valence-corrected chi connectivity index (χ3v) is 3.78. The first kappa shape index (κ1) is 18.0. The summed E-state index contributed by atoms with van der Waals surface area (Å²) < 4.78 is 23.3. The zero-order valence-corrected chi connectivity index (χ0v) is 14.2. The predicted molar refractivity (Wildman–Crippen MR) is 96.7 cm³/mol. The standard InChI is InChI=1S/C17H21N3O3S/c1-2-3-4-13-5-7-14(8-6-13)18-17(21)19-15-9-11-16(12-10-15)20-24(22)23/h5-12,20H,2-4H2,1H3,(H,22,23)(H2,18,19,21)/p-1. The Bertz CT molecular complexity index is 687. The average molecular weight is 346 g/mol. The van der Waals surface area contributed by atoms with Gasteiger partial charge in [-0.25, -0.2) is 4.79 Å². The third kappa shape index (κ3) is 6.02. The molecule has 0 heterocycles. The van der Waals surface area contributed by atoms with Crippen molar-refractivity contribution in [3.63, 3.8) is 0 Å². The second-order valence-corrected chi connectivity index (χ2v) is 5.97. The number of unbranched alkanes of at least 4 members (excludes halogenated alkanes) is 1. The van der Waals surface area contributed by atoms with E-state index in [1.54, 1.807) is 24.3 Å². The van der Waals surface area contributed by atoms with E-state index in [9.17, 15) is 13.6 Å². The zero-order chi connectivity index (χ0) is 17.4. The molecular weight excluding hydrogens is 326 g/mol. The summed E-state index contributed by atoms with van der Waals surface area (Å²) in [7, 11) is 0. The summed E-state index contributed by atoms with van der Waals surface area (Å²) in [4.78, 5) is 12.0. The number of rotatable bonds is 7. The quantitative estimate of drug-likeness (QED) is 0.664. The van der Waals surface area contributed by atoms with Crippen molar-refractivity contribution in [1.29, 1.82) is 0 Å². The Labute approximate surface area is 144 Å². The maximum Gasteiger partial charge on any atom is 0.323 e. The number of benzene rings is 2. The third-order valence-electron chi connectivity index (χ3n) is 3.37. The fourth-order valence-electron chi connectivity index (χ4n) is 2.15. The monoisotopic (exact) mass is 346 g/mol. The van der Waals surface area contributed by atoms with Crippen LogP contribution in [0.2, 0.25) is 0 Å². The van der Waals surface area contributed by atoms with Crippen LogP contribution in [0.5, 0.6) is 0 Å². The van der Waals surface area contributed by atoms with Gasteiger partial charge in [-0.05, 0) is 54.8 Å². The Balaban J connectivity index is 1.87. The first-order valence-corrected chi connectivity index (χ1v) is 8.77. The van der Waals surface area contributed by atoms with Crippen molar-refractivity contribution >= 4 is 34.4 Å². The molecule has 2 aromatic carbocycles. The Morgan fingerprint density at radius 3 is 1.96 bits per heavy atom. The number of carbonyl (C=O) groups is 1. The predicted octanol–water partition coefficient (Wildman–Crippen LogP) is 3.88. The molecule has 0 bridgehead atoms. The van der Waals surface area contributed by atoms with Crippen molar-refractivity contribution in [2.75, 3.05) is 15.4 Å². The number of hydrogen-bond acceptors (Lipinski definition) is 3. The highest BCUT2D eigenvalue weighted by molar-refractivity contribution is 7.80. The van der Waals surface area contributed by atoms with Gasteiger partial charge in [-0.3, -0.25) is 4.21 Å². The van der Waals surface area contributed by atoms with Crippen molar-refractivity contribution < 1.29 is 13.6 Å². The van der Waals surface area contributed by atoms with Gasteiger partial charge in [-0.15, -0.1) is 0 Å². The molecule has 0 saturated carbocycles. The number of amides is 2. The van der Waals surface area contributed by atoms with Crippen LogP contribution in [-0.4, -0.2) is 14.8 Å². The van der Waals surface area contributed by atoms with Gasteiger partial charge in [-0.2, -0.15) is 0 Å². The summed E-state index contributed by atoms with van der Waals surface area (Å²) in [6.45, 7) is 2.16. The smallest absolute Gasteiger partial charge is 0.323 e. The minimum atomic E-state index is -2.36. The summed E-state index contributed by atoms with van der Waals surface area (Å²) in [5.41, 5.74) is 2.96. The number of nitrogens with one attached hydrogen (secondary N) is 3. The molecule has 6 nitrogen and oxygen atoms in total. The molecule has 0 aromatic heterocycles. The molecule has 0 aliphatic carbocycles. The van der Waals surface area contributed by atoms with Crippen LogP contribution in [0.1, 0.15) is 25.3 Å². The molecule has 128 valence electrons. The Kier molecular flexibility index (Phi) is 6.77. The zero-order valence-electron chi connectivity index (χ0n) is 13.4. The molecule has 2 rings (SSSR count). The number of anilines is 3. The van der Waals surface area contributed by atoms with Crippen molar-refractivity contribution in [3.8, 4) is 0 Å². The van der Waals surface area contributed by atoms with E-state index in [1.807, 2.05) is 24.3 Å². The van der Waals surface area contributed by atoms with E-state index in [-0.39, 0.29) is 6.03 Å². The Morgan fingerprint density at radius 2 is 1.46 bits per heavy atom. The van der Waals surface area contributed by atoms with Gasteiger partial charge in [0.1, 0.15) is 0 Å². The Morgan fingerprint density at radius 1 is 0.958 bits per heavy atom. The average Bonchev–Trinajstić information content (AvgIpc) is 2.55. The van der Waals surface area contributed by atoms with Crippen LogP contribution in [0, 0.1) is 0 Å². The van der Waals surface area contributed by atoms with E-state index in [0.29, 0.717) is 17.1 Å². The van der Waals surface area contributed by atoms with Crippen LogP contribution in [0.25, 0.3) is 0 Å². The molecule has 3 N–H and O–H groups in total. The second kappa shape index (κ2) is 9.05. The lowest BCUT2D eigenvalue weighted by Crippen LogP contribution is -2.19. The fraction of sp³-hybridized carbons (Fsp3) is 0.235. The van der Waals surface area contributed by atoms with Crippen molar-refractivity contribution in [3.05, 3.63) is 54.1 Å². The second-order valence-electron chi connectivity index (χ2n) is 5.29. The molecule has 1 unspecified atom stereocenters. The highest BCUT2D eigenvalue weighted by Crippen LogP contribution is 2.15. The number of aryl methyl sites for hydroxylation is 1. The minimum Gasteiger partial charge on any atom is -0.755 e. The highest BCUT2D eigenvalue weighted by Gasteiger charge is 2.03. The first-order valence-electron chi connectivity index (χ1n) is 7.69. The molecular formula is C17H20N3O3S-. The minimum absolute atomic E-state index is 0.357. The molecule has 2 amide bonds. The molecule has 1 atom stereocenters. The topological polar surface area (TPSA) is 93.3 Å². The fourth-order valence-corrected chi connectivity index (χ4v) is 2.48. The van der Waals surface area contributed by atoms with Crippen LogP contribution in [0.15, 0.2) is 48.5 Å². The molecule has 2 aromatic rings. The van der Waals surface area contributed by atoms with Crippen LogP contribution >= 0.6 is 0 Å². The van der Waals surface area contributed by atoms with Gasteiger partial charge in [0.25, 0.3) is 0 Å². The summed E-state index contributed by atoms with van der Waals surface area (Å²) in [5, 5.41) is 5.44. The van der Waals surface area contributed by atoms with E-state index in [1.165, 1.54) is 5.56 Å². The van der Waals surface area contributed by atoms with Gasteiger partial charge in [-0.1, -0.05) is 25.5 Å². The molecule has 0 saturated heterocycles. The van der Waals surface area contributed by atoms with Gasteiger partial charge in [0.2, 0.25) is 0 Å². The SMILES string of the molecule is CCCCc1ccc(NC(=O)Nc2ccc(NS(=O)[O-])cc2)cc1. The first-order chi connectivity index (χ1) is 11.6. The van der Waals surface area contributed by atoms with Crippen molar-refractivity contribution in [2.45, 2.75) is 26.2 Å². The maximum absolute atomic E-state index is 12.0. The van der Waals surface area contributed by atoms with Crippen LogP contribution in [0.4, 0.5) is 21.9 Å². The number of hydrogen-bond donors (Lipinski definition) is 3. The van der Waals surface area contributed by atoms with Gasteiger partial charge in [0, 0.05) is 28.3 Å². The molecule has 24 heavy (non-hydrogen) atoms. The molecule has 0 radical (unpaired) electrons. The summed E-state index contributed by atoms with van der Waals surface area (Å²) in [6.07, 6.45) is 3.34. The van der Waals surface area contributed by atoms with Gasteiger partial charge >= 0.3 is 6.03 Å². The van der Waals surface area contributed by atoms with E-state index in [0.717, 1.165) is 19.3 Å². The maximum atomic E-state index is 12.0. The normalized spacial score (nSPS) is 11.6. The van der Waals surface area contributed by atoms with Gasteiger partial charge in [0.05, 0.1) is 0 Å². The summed E-state index contributed by atoms with van der Waals surface area (Å²) in [6, 6.07) is 13.8. The molecule has 0 fully saturated rings. The van der Waals surface area contributed by atoms with Gasteiger partial charge < -0.3 is 19.9 Å². The van der Waals surface area contributed by atoms with Crippen molar-refractivity contribution in [2.24, 2.45) is 0 Å². The molecule has 0 aliphatic rings. The lowest BCUT2D eigenvalue weighted by atomic mass is 10.1. The van der Waals surface area contributed by atoms with E-state index < -0.39 is 11.3 Å². The molecule has 0 aliphatic heterocycles. The Hall–Kier alpha value is -2.38. The summed E-state index contributed by atoms with van der Waals surface area (Å²) >= 11 is -2.36. The molecule has 0 spiro atoms. The lowest BCUT2D eigenvalue weighted by Gasteiger charge is -2.11. The van der Waals surface area contributed by atoms with Gasteiger partial charge in [0.15, 0.2) is 0 Å². The summed E-state index contributed by atoms with van der Waals surface area (Å²) in [5.74, 6) is 0. The van der Waals surface area contributed by atoms with Crippen LogP contribution < -0.4 is 15.4 Å². The number of carbonyl (C=O) groups excluding carboxylic acids is 1. The van der Waals surface area contributed by atoms with Crippen molar-refractivity contribution in [1.82, 2.24) is 0 Å². The largest absolute Gasteiger partial charge is 0.755 e. The lowest BCUT2D eigenvalue weighted by molar-refractivity contribution is 0.262. The molecule has 7 heteroatoms. The van der Waals surface area contributed by atoms with E-state index >= 15 is 0 Å². The van der Waals surface area contributed by atoms with Crippen LogP contribution in [0.3, 0.4) is 0 Å². The van der Waals surface area contributed by atoms with E-state index in [4.69, 9.17) is 0 Å². The highest BCUT2D eigenvalue weighted by atomic mass is 32.2. The van der Waals surface area contributed by atoms with E-state index in [2.05, 4.69) is 22.3 Å². The number of urea groups is 1.